The van der Waals surface area contributed by atoms with E-state index in [2.05, 4.69) is 35.8 Å². The summed E-state index contributed by atoms with van der Waals surface area (Å²) in [5.41, 5.74) is 2.18. The van der Waals surface area contributed by atoms with Gasteiger partial charge >= 0.3 is 0 Å². The average Bonchev–Trinajstić information content (AvgIpc) is 2.39. The molecule has 0 bridgehead atoms. The predicted molar refractivity (Wildman–Crippen MR) is 80.9 cm³/mol. The Kier molecular flexibility index (Phi) is 5.83. The lowest BCUT2D eigenvalue weighted by Gasteiger charge is -2.34. The van der Waals surface area contributed by atoms with Crippen molar-refractivity contribution >= 4 is 18.3 Å². The first kappa shape index (κ1) is 16.0. The third-order valence-electron chi connectivity index (χ3n) is 3.90. The number of amides is 1. The van der Waals surface area contributed by atoms with Crippen LogP contribution >= 0.6 is 12.4 Å². The van der Waals surface area contributed by atoms with E-state index in [0.717, 1.165) is 25.8 Å². The number of fused-ring (bicyclic) bond motifs is 1. The van der Waals surface area contributed by atoms with Crippen molar-refractivity contribution in [3.8, 4) is 0 Å². The summed E-state index contributed by atoms with van der Waals surface area (Å²) in [6.07, 6.45) is 3.12. The fourth-order valence-electron chi connectivity index (χ4n) is 2.78. The van der Waals surface area contributed by atoms with Crippen molar-refractivity contribution in [2.24, 2.45) is 0 Å². The first-order valence-corrected chi connectivity index (χ1v) is 6.70. The Hall–Kier alpha value is -1.06. The van der Waals surface area contributed by atoms with E-state index >= 15 is 0 Å². The van der Waals surface area contributed by atoms with Gasteiger partial charge in [-0.3, -0.25) is 4.79 Å². The summed E-state index contributed by atoms with van der Waals surface area (Å²) >= 11 is 0. The van der Waals surface area contributed by atoms with E-state index in [0.29, 0.717) is 6.54 Å². The minimum Gasteiger partial charge on any atom is -0.354 e. The summed E-state index contributed by atoms with van der Waals surface area (Å²) in [6.45, 7) is 3.57. The summed E-state index contributed by atoms with van der Waals surface area (Å²) in [5.74, 6) is 0.157. The van der Waals surface area contributed by atoms with Crippen LogP contribution in [0.1, 0.15) is 30.9 Å². The van der Waals surface area contributed by atoms with Crippen LogP contribution in [0.2, 0.25) is 0 Å². The standard InChI is InChI=1S/C15H22N2O.ClH/c1-15(14(18)17-11-10-16-2)9-5-7-12-6-3-4-8-13(12)15;/h3-4,6,8,16H,5,7,9-11H2,1-2H3,(H,17,18);1H. The number of hydrogen-bond acceptors (Lipinski definition) is 2. The first-order chi connectivity index (χ1) is 8.68. The summed E-state index contributed by atoms with van der Waals surface area (Å²) in [7, 11) is 1.89. The normalized spacial score (nSPS) is 21.2. The molecule has 1 aromatic carbocycles. The molecule has 1 aromatic rings. The van der Waals surface area contributed by atoms with Gasteiger partial charge in [-0.25, -0.2) is 0 Å². The smallest absolute Gasteiger partial charge is 0.230 e. The van der Waals surface area contributed by atoms with Crippen LogP contribution < -0.4 is 10.6 Å². The van der Waals surface area contributed by atoms with Gasteiger partial charge in [-0.05, 0) is 44.4 Å². The SMILES string of the molecule is CNCCNC(=O)C1(C)CCCc2ccccc21.Cl. The highest BCUT2D eigenvalue weighted by Crippen LogP contribution is 2.37. The number of nitrogens with one attached hydrogen (secondary N) is 2. The number of hydrogen-bond donors (Lipinski definition) is 2. The van der Waals surface area contributed by atoms with Crippen LogP contribution in [0.4, 0.5) is 0 Å². The van der Waals surface area contributed by atoms with Crippen molar-refractivity contribution in [1.29, 1.82) is 0 Å². The second kappa shape index (κ2) is 6.92. The lowest BCUT2D eigenvalue weighted by Crippen LogP contribution is -2.45. The molecule has 0 aromatic heterocycles. The third kappa shape index (κ3) is 3.28. The van der Waals surface area contributed by atoms with Gasteiger partial charge in [0.1, 0.15) is 0 Å². The van der Waals surface area contributed by atoms with E-state index in [-0.39, 0.29) is 23.7 Å². The van der Waals surface area contributed by atoms with Gasteiger partial charge in [0.15, 0.2) is 0 Å². The van der Waals surface area contributed by atoms with Crippen LogP contribution in [0.25, 0.3) is 0 Å². The molecule has 0 spiro atoms. The van der Waals surface area contributed by atoms with Crippen molar-refractivity contribution in [1.82, 2.24) is 10.6 Å². The molecule has 4 heteroatoms. The van der Waals surface area contributed by atoms with Gasteiger partial charge in [0.25, 0.3) is 0 Å². The number of likely N-dealkylation sites (N-methyl/N-ethyl adjacent to an activating group) is 1. The van der Waals surface area contributed by atoms with Gasteiger partial charge in [0.2, 0.25) is 5.91 Å². The van der Waals surface area contributed by atoms with E-state index in [4.69, 9.17) is 0 Å². The monoisotopic (exact) mass is 282 g/mol. The zero-order valence-corrected chi connectivity index (χ0v) is 12.5. The van der Waals surface area contributed by atoms with E-state index < -0.39 is 0 Å². The second-order valence-electron chi connectivity index (χ2n) is 5.20. The Morgan fingerprint density at radius 2 is 2.05 bits per heavy atom. The lowest BCUT2D eigenvalue weighted by atomic mass is 9.70. The third-order valence-corrected chi connectivity index (χ3v) is 3.90. The number of carbonyl (C=O) groups is 1. The zero-order valence-electron chi connectivity index (χ0n) is 11.7. The molecule has 1 aliphatic carbocycles. The van der Waals surface area contributed by atoms with Crippen molar-refractivity contribution in [2.75, 3.05) is 20.1 Å². The van der Waals surface area contributed by atoms with Gasteiger partial charge in [-0.2, -0.15) is 0 Å². The summed E-state index contributed by atoms with van der Waals surface area (Å²) < 4.78 is 0. The highest BCUT2D eigenvalue weighted by molar-refractivity contribution is 5.88. The Bertz CT molecular complexity index is 436. The van der Waals surface area contributed by atoms with Crippen LogP contribution in [0, 0.1) is 0 Å². The van der Waals surface area contributed by atoms with E-state index in [1.807, 2.05) is 13.1 Å². The van der Waals surface area contributed by atoms with Crippen LogP contribution in [0.3, 0.4) is 0 Å². The molecule has 19 heavy (non-hydrogen) atoms. The molecular formula is C15H23ClN2O. The fourth-order valence-corrected chi connectivity index (χ4v) is 2.78. The minimum atomic E-state index is -0.359. The molecule has 0 fully saturated rings. The molecule has 1 aliphatic rings. The number of carbonyl (C=O) groups excluding carboxylic acids is 1. The Labute approximate surface area is 121 Å². The largest absolute Gasteiger partial charge is 0.354 e. The maximum atomic E-state index is 12.4. The Morgan fingerprint density at radius 1 is 1.32 bits per heavy atom. The molecule has 3 nitrogen and oxygen atoms in total. The quantitative estimate of drug-likeness (QED) is 0.830. The van der Waals surface area contributed by atoms with Crippen LogP contribution in [0.5, 0.6) is 0 Å². The van der Waals surface area contributed by atoms with Crippen LogP contribution in [0.15, 0.2) is 24.3 Å². The Balaban J connectivity index is 0.00000180. The lowest BCUT2D eigenvalue weighted by molar-refractivity contribution is -0.126. The molecule has 1 unspecified atom stereocenters. The van der Waals surface area contributed by atoms with Crippen molar-refractivity contribution in [3.63, 3.8) is 0 Å². The van der Waals surface area contributed by atoms with E-state index in [9.17, 15) is 4.79 Å². The topological polar surface area (TPSA) is 41.1 Å². The van der Waals surface area contributed by atoms with Crippen LogP contribution in [-0.2, 0) is 16.6 Å². The number of halogens is 1. The highest BCUT2D eigenvalue weighted by Gasteiger charge is 2.38. The molecular weight excluding hydrogens is 260 g/mol. The summed E-state index contributed by atoms with van der Waals surface area (Å²) in [5, 5.41) is 6.08. The maximum absolute atomic E-state index is 12.4. The molecule has 2 N–H and O–H groups in total. The molecule has 1 atom stereocenters. The highest BCUT2D eigenvalue weighted by atomic mass is 35.5. The second-order valence-corrected chi connectivity index (χ2v) is 5.20. The van der Waals surface area contributed by atoms with Crippen LogP contribution in [-0.4, -0.2) is 26.0 Å². The molecule has 0 radical (unpaired) electrons. The van der Waals surface area contributed by atoms with Gasteiger partial charge in [-0.1, -0.05) is 24.3 Å². The maximum Gasteiger partial charge on any atom is 0.230 e. The van der Waals surface area contributed by atoms with E-state index in [1.165, 1.54) is 11.1 Å². The number of rotatable bonds is 4. The molecule has 106 valence electrons. The first-order valence-electron chi connectivity index (χ1n) is 6.70. The number of aryl methyl sites for hydroxylation is 1. The van der Waals surface area contributed by atoms with E-state index in [1.54, 1.807) is 0 Å². The van der Waals surface area contributed by atoms with Crippen molar-refractivity contribution in [3.05, 3.63) is 35.4 Å². The van der Waals surface area contributed by atoms with Crippen molar-refractivity contribution in [2.45, 2.75) is 31.6 Å². The van der Waals surface area contributed by atoms with Gasteiger partial charge in [0.05, 0.1) is 5.41 Å². The fraction of sp³-hybridized carbons (Fsp3) is 0.533. The van der Waals surface area contributed by atoms with Gasteiger partial charge < -0.3 is 10.6 Å². The minimum absolute atomic E-state index is 0. The molecule has 0 heterocycles. The predicted octanol–water partition coefficient (Wildman–Crippen LogP) is 2.04. The molecule has 1 amide bonds. The van der Waals surface area contributed by atoms with Gasteiger partial charge in [-0.15, -0.1) is 12.4 Å². The Morgan fingerprint density at radius 3 is 2.79 bits per heavy atom. The molecule has 0 aliphatic heterocycles. The summed E-state index contributed by atoms with van der Waals surface area (Å²) in [4.78, 5) is 12.4. The van der Waals surface area contributed by atoms with Gasteiger partial charge in [0, 0.05) is 13.1 Å². The zero-order chi connectivity index (χ0) is 13.0. The molecule has 0 saturated heterocycles. The molecule has 0 saturated carbocycles. The number of benzene rings is 1. The molecule has 2 rings (SSSR count). The average molecular weight is 283 g/mol. The summed E-state index contributed by atoms with van der Waals surface area (Å²) in [6, 6.07) is 8.34. The van der Waals surface area contributed by atoms with Crippen molar-refractivity contribution < 1.29 is 4.79 Å².